The zero-order valence-corrected chi connectivity index (χ0v) is 24.2. The van der Waals surface area contributed by atoms with E-state index in [2.05, 4.69) is 5.32 Å². The number of hydrogen-bond acceptors (Lipinski definition) is 5. The van der Waals surface area contributed by atoms with Crippen molar-refractivity contribution >= 4 is 27.5 Å². The third-order valence-electron chi connectivity index (χ3n) is 6.32. The molecular formula is C30H37N3O5S. The van der Waals surface area contributed by atoms with Gasteiger partial charge in [-0.3, -0.25) is 13.9 Å². The van der Waals surface area contributed by atoms with Gasteiger partial charge in [-0.2, -0.15) is 0 Å². The lowest BCUT2D eigenvalue weighted by Crippen LogP contribution is -2.52. The predicted molar refractivity (Wildman–Crippen MR) is 153 cm³/mol. The molecular weight excluding hydrogens is 514 g/mol. The topological polar surface area (TPSA) is 96.0 Å². The first-order valence-electron chi connectivity index (χ1n) is 12.8. The Kier molecular flexibility index (Phi) is 9.75. The zero-order chi connectivity index (χ0) is 28.7. The molecule has 0 aliphatic rings. The molecule has 0 saturated carbocycles. The molecule has 3 aromatic rings. The minimum Gasteiger partial charge on any atom is -0.497 e. The van der Waals surface area contributed by atoms with E-state index < -0.39 is 28.5 Å². The lowest BCUT2D eigenvalue weighted by molar-refractivity contribution is -0.139. The largest absolute Gasteiger partial charge is 0.497 e. The summed E-state index contributed by atoms with van der Waals surface area (Å²) in [6.07, 6.45) is 0. The molecule has 0 bridgehead atoms. The van der Waals surface area contributed by atoms with Gasteiger partial charge >= 0.3 is 0 Å². The van der Waals surface area contributed by atoms with Crippen LogP contribution < -0.4 is 14.4 Å². The molecule has 0 saturated heterocycles. The second-order valence-electron chi connectivity index (χ2n) is 9.87. The maximum atomic E-state index is 13.9. The van der Waals surface area contributed by atoms with Crippen molar-refractivity contribution in [2.45, 2.75) is 58.1 Å². The lowest BCUT2D eigenvalue weighted by Gasteiger charge is -2.32. The fraction of sp³-hybridized carbons (Fsp3) is 0.333. The number of benzene rings is 3. The number of nitrogens with one attached hydrogen (secondary N) is 1. The molecule has 208 valence electrons. The molecule has 0 aliphatic heterocycles. The van der Waals surface area contributed by atoms with Crippen molar-refractivity contribution in [1.29, 1.82) is 0 Å². The van der Waals surface area contributed by atoms with Crippen molar-refractivity contribution in [3.63, 3.8) is 0 Å². The Hall–Kier alpha value is -3.85. The summed E-state index contributed by atoms with van der Waals surface area (Å²) in [5.74, 6) is -0.300. The Morgan fingerprint density at radius 2 is 1.38 bits per heavy atom. The lowest BCUT2D eigenvalue weighted by atomic mass is 10.1. The van der Waals surface area contributed by atoms with Crippen LogP contribution in [0.3, 0.4) is 0 Å². The number of nitrogens with zero attached hydrogens (tertiary/aromatic N) is 2. The highest BCUT2D eigenvalue weighted by Gasteiger charge is 2.32. The smallest absolute Gasteiger partial charge is 0.264 e. The van der Waals surface area contributed by atoms with Crippen molar-refractivity contribution < 1.29 is 22.7 Å². The number of amides is 2. The van der Waals surface area contributed by atoms with Crippen LogP contribution in [-0.2, 0) is 26.2 Å². The summed E-state index contributed by atoms with van der Waals surface area (Å²) in [5.41, 5.74) is 3.20. The van der Waals surface area contributed by atoms with Crippen LogP contribution in [0, 0.1) is 13.8 Å². The van der Waals surface area contributed by atoms with Gasteiger partial charge in [0.25, 0.3) is 10.0 Å². The van der Waals surface area contributed by atoms with Crippen molar-refractivity contribution in [2.75, 3.05) is 18.0 Å². The first kappa shape index (κ1) is 29.7. The number of hydrogen-bond donors (Lipinski definition) is 1. The van der Waals surface area contributed by atoms with Crippen LogP contribution in [-0.4, -0.2) is 50.9 Å². The molecule has 0 radical (unpaired) electrons. The molecule has 3 rings (SSSR count). The minimum atomic E-state index is -4.13. The SMILES string of the molecule is COc1ccc(S(=O)(=O)N(CC(=O)N(Cc2ccc(C)cc2)[C@H](C)C(=O)NC(C)C)c2ccc(C)cc2)cc1. The number of methoxy groups -OCH3 is 1. The third kappa shape index (κ3) is 7.60. The van der Waals surface area contributed by atoms with E-state index in [1.54, 1.807) is 43.3 Å². The number of carbonyl (C=O) groups excluding carboxylic acids is 2. The van der Waals surface area contributed by atoms with Crippen LogP contribution in [0.25, 0.3) is 0 Å². The molecule has 0 aromatic heterocycles. The van der Waals surface area contributed by atoms with Gasteiger partial charge in [0.05, 0.1) is 17.7 Å². The van der Waals surface area contributed by atoms with Gasteiger partial charge in [-0.25, -0.2) is 8.42 Å². The quantitative estimate of drug-likeness (QED) is 0.380. The highest BCUT2D eigenvalue weighted by molar-refractivity contribution is 7.92. The van der Waals surface area contributed by atoms with Crippen LogP contribution in [0.4, 0.5) is 5.69 Å². The Morgan fingerprint density at radius 1 is 0.846 bits per heavy atom. The van der Waals surface area contributed by atoms with Crippen molar-refractivity contribution in [1.82, 2.24) is 10.2 Å². The van der Waals surface area contributed by atoms with E-state index in [9.17, 15) is 18.0 Å². The molecule has 1 atom stereocenters. The van der Waals surface area contributed by atoms with Gasteiger partial charge < -0.3 is 15.0 Å². The third-order valence-corrected chi connectivity index (χ3v) is 8.11. The summed E-state index contributed by atoms with van der Waals surface area (Å²) >= 11 is 0. The van der Waals surface area contributed by atoms with Gasteiger partial charge in [0.15, 0.2) is 0 Å². The Labute approximate surface area is 231 Å². The number of sulfonamides is 1. The second-order valence-corrected chi connectivity index (χ2v) is 11.7. The standard InChI is InChI=1S/C30H37N3O5S/c1-21(2)31-30(35)24(5)32(19-25-11-7-22(3)8-12-25)29(34)20-33(26-13-9-23(4)10-14-26)39(36,37)28-17-15-27(38-6)16-18-28/h7-18,21,24H,19-20H2,1-6H3,(H,31,35)/t24-/m1/s1. The van der Waals surface area contributed by atoms with E-state index >= 15 is 0 Å². The zero-order valence-electron chi connectivity index (χ0n) is 23.3. The summed E-state index contributed by atoms with van der Waals surface area (Å²) < 4.78 is 34.0. The van der Waals surface area contributed by atoms with Gasteiger partial charge in [-0.15, -0.1) is 0 Å². The molecule has 1 N–H and O–H groups in total. The van der Waals surface area contributed by atoms with E-state index in [-0.39, 0.29) is 23.4 Å². The maximum Gasteiger partial charge on any atom is 0.264 e. The molecule has 0 heterocycles. The highest BCUT2D eigenvalue weighted by atomic mass is 32.2. The van der Waals surface area contributed by atoms with E-state index in [0.29, 0.717) is 11.4 Å². The molecule has 2 amide bonds. The molecule has 0 spiro atoms. The average molecular weight is 552 g/mol. The van der Waals surface area contributed by atoms with Gasteiger partial charge in [0.1, 0.15) is 18.3 Å². The van der Waals surface area contributed by atoms with Gasteiger partial charge in [0, 0.05) is 12.6 Å². The predicted octanol–water partition coefficient (Wildman–Crippen LogP) is 4.45. The fourth-order valence-electron chi connectivity index (χ4n) is 3.99. The summed E-state index contributed by atoms with van der Waals surface area (Å²) in [4.78, 5) is 28.3. The van der Waals surface area contributed by atoms with Crippen molar-refractivity contribution in [3.8, 4) is 5.75 Å². The van der Waals surface area contributed by atoms with E-state index in [0.717, 1.165) is 21.0 Å². The summed E-state index contributed by atoms with van der Waals surface area (Å²) in [6, 6.07) is 19.7. The average Bonchev–Trinajstić information content (AvgIpc) is 2.91. The molecule has 0 unspecified atom stereocenters. The molecule has 0 aliphatic carbocycles. The van der Waals surface area contributed by atoms with Gasteiger partial charge in [-0.1, -0.05) is 47.5 Å². The Balaban J connectivity index is 2.02. The number of carbonyl (C=O) groups is 2. The summed E-state index contributed by atoms with van der Waals surface area (Å²) in [6.45, 7) is 8.87. The van der Waals surface area contributed by atoms with Gasteiger partial charge in [-0.05, 0) is 76.6 Å². The van der Waals surface area contributed by atoms with Crippen molar-refractivity contribution in [2.24, 2.45) is 0 Å². The number of aryl methyl sites for hydroxylation is 2. The van der Waals surface area contributed by atoms with E-state index in [1.807, 2.05) is 52.0 Å². The van der Waals surface area contributed by atoms with Gasteiger partial charge in [0.2, 0.25) is 11.8 Å². The molecule has 39 heavy (non-hydrogen) atoms. The second kappa shape index (κ2) is 12.8. The molecule has 0 fully saturated rings. The Bertz CT molecular complexity index is 1370. The van der Waals surface area contributed by atoms with Crippen LogP contribution in [0.2, 0.25) is 0 Å². The highest BCUT2D eigenvalue weighted by Crippen LogP contribution is 2.26. The maximum absolute atomic E-state index is 13.9. The van der Waals surface area contributed by atoms with Crippen LogP contribution in [0.1, 0.15) is 37.5 Å². The normalized spacial score (nSPS) is 12.1. The summed E-state index contributed by atoms with van der Waals surface area (Å²) in [7, 11) is -2.63. The van der Waals surface area contributed by atoms with Crippen LogP contribution >= 0.6 is 0 Å². The fourth-order valence-corrected chi connectivity index (χ4v) is 5.41. The first-order valence-corrected chi connectivity index (χ1v) is 14.2. The monoisotopic (exact) mass is 551 g/mol. The van der Waals surface area contributed by atoms with E-state index in [1.165, 1.54) is 24.1 Å². The summed E-state index contributed by atoms with van der Waals surface area (Å²) in [5, 5.41) is 2.85. The van der Waals surface area contributed by atoms with Crippen molar-refractivity contribution in [3.05, 3.63) is 89.5 Å². The Morgan fingerprint density at radius 3 is 1.90 bits per heavy atom. The molecule has 9 heteroatoms. The number of rotatable bonds is 11. The van der Waals surface area contributed by atoms with Crippen LogP contribution in [0.15, 0.2) is 77.7 Å². The molecule has 8 nitrogen and oxygen atoms in total. The molecule has 3 aromatic carbocycles. The van der Waals surface area contributed by atoms with Crippen LogP contribution in [0.5, 0.6) is 5.75 Å². The number of anilines is 1. The minimum absolute atomic E-state index is 0.0207. The number of ether oxygens (including phenoxy) is 1. The first-order chi connectivity index (χ1) is 18.4. The van der Waals surface area contributed by atoms with E-state index in [4.69, 9.17) is 4.74 Å².